The van der Waals surface area contributed by atoms with Crippen LogP contribution in [0.3, 0.4) is 0 Å². The third kappa shape index (κ3) is 3.90. The van der Waals surface area contributed by atoms with Gasteiger partial charge < -0.3 is 10.4 Å². The fourth-order valence-electron chi connectivity index (χ4n) is 1.70. The molecular formula is C12H15FN2O4. The summed E-state index contributed by atoms with van der Waals surface area (Å²) in [6.45, 7) is 3.66. The predicted molar refractivity (Wildman–Crippen MR) is 67.6 cm³/mol. The number of nitrogens with zero attached hydrogens (tertiary/aromatic N) is 1. The van der Waals surface area contributed by atoms with Crippen LogP contribution in [-0.2, 0) is 4.79 Å². The molecule has 0 saturated heterocycles. The Morgan fingerprint density at radius 1 is 1.53 bits per heavy atom. The second-order valence-electron chi connectivity index (χ2n) is 4.56. The van der Waals surface area contributed by atoms with Crippen molar-refractivity contribution in [3.05, 3.63) is 34.1 Å². The van der Waals surface area contributed by atoms with Gasteiger partial charge in [-0.05, 0) is 24.5 Å². The van der Waals surface area contributed by atoms with Crippen molar-refractivity contribution in [2.45, 2.75) is 26.3 Å². The summed E-state index contributed by atoms with van der Waals surface area (Å²) >= 11 is 0. The van der Waals surface area contributed by atoms with Gasteiger partial charge in [-0.1, -0.05) is 19.9 Å². The van der Waals surface area contributed by atoms with Gasteiger partial charge in [0.1, 0.15) is 11.7 Å². The number of carboxylic acid groups (broad SMARTS) is 1. The van der Waals surface area contributed by atoms with Crippen LogP contribution in [0.15, 0.2) is 18.2 Å². The van der Waals surface area contributed by atoms with Gasteiger partial charge in [0.25, 0.3) is 0 Å². The number of carbonyl (C=O) groups is 1. The van der Waals surface area contributed by atoms with E-state index in [2.05, 4.69) is 5.32 Å². The number of hydrogen-bond donors (Lipinski definition) is 2. The summed E-state index contributed by atoms with van der Waals surface area (Å²) in [7, 11) is 0. The molecule has 1 aromatic carbocycles. The van der Waals surface area contributed by atoms with E-state index in [-0.39, 0.29) is 18.0 Å². The number of halogens is 1. The molecule has 0 radical (unpaired) electrons. The van der Waals surface area contributed by atoms with Gasteiger partial charge in [0.2, 0.25) is 5.82 Å². The molecule has 7 heteroatoms. The third-order valence-corrected chi connectivity index (χ3v) is 2.50. The molecule has 1 atom stereocenters. The van der Waals surface area contributed by atoms with Crippen molar-refractivity contribution in [1.82, 2.24) is 0 Å². The van der Waals surface area contributed by atoms with Crippen molar-refractivity contribution in [2.75, 3.05) is 5.32 Å². The Hall–Kier alpha value is -2.18. The van der Waals surface area contributed by atoms with Crippen LogP contribution in [0.1, 0.15) is 20.3 Å². The van der Waals surface area contributed by atoms with Crippen LogP contribution in [-0.4, -0.2) is 22.0 Å². The fraction of sp³-hybridized carbons (Fsp3) is 0.417. The molecule has 2 N–H and O–H groups in total. The van der Waals surface area contributed by atoms with E-state index in [4.69, 9.17) is 5.11 Å². The van der Waals surface area contributed by atoms with Crippen molar-refractivity contribution in [2.24, 2.45) is 5.92 Å². The first-order chi connectivity index (χ1) is 8.82. The SMILES string of the molecule is CC(C)C[C@H](Nc1cccc(F)c1[N+](=O)[O-])C(=O)O. The molecule has 0 heterocycles. The number of nitrogens with one attached hydrogen (secondary N) is 1. The van der Waals surface area contributed by atoms with E-state index >= 15 is 0 Å². The van der Waals surface area contributed by atoms with E-state index in [9.17, 15) is 19.3 Å². The van der Waals surface area contributed by atoms with Crippen LogP contribution < -0.4 is 5.32 Å². The molecule has 104 valence electrons. The highest BCUT2D eigenvalue weighted by Crippen LogP contribution is 2.28. The quantitative estimate of drug-likeness (QED) is 0.612. The lowest BCUT2D eigenvalue weighted by molar-refractivity contribution is -0.386. The summed E-state index contributed by atoms with van der Waals surface area (Å²) in [4.78, 5) is 21.0. The zero-order chi connectivity index (χ0) is 14.6. The first-order valence-corrected chi connectivity index (χ1v) is 5.75. The van der Waals surface area contributed by atoms with Crippen LogP contribution in [0.25, 0.3) is 0 Å². The molecule has 0 aliphatic rings. The number of hydrogen-bond acceptors (Lipinski definition) is 4. The smallest absolute Gasteiger partial charge is 0.327 e. The van der Waals surface area contributed by atoms with Crippen molar-refractivity contribution in [1.29, 1.82) is 0 Å². The van der Waals surface area contributed by atoms with Crippen molar-refractivity contribution in [3.8, 4) is 0 Å². The number of carboxylic acids is 1. The first kappa shape index (κ1) is 14.9. The van der Waals surface area contributed by atoms with Crippen molar-refractivity contribution < 1.29 is 19.2 Å². The molecule has 19 heavy (non-hydrogen) atoms. The van der Waals surface area contributed by atoms with Crippen LogP contribution in [0, 0.1) is 21.8 Å². The Labute approximate surface area is 109 Å². The molecule has 0 spiro atoms. The van der Waals surface area contributed by atoms with E-state index in [1.165, 1.54) is 12.1 Å². The standard InChI is InChI=1S/C12H15FN2O4/c1-7(2)6-10(12(16)17)14-9-5-3-4-8(13)11(9)15(18)19/h3-5,7,10,14H,6H2,1-2H3,(H,16,17)/t10-/m0/s1. The van der Waals surface area contributed by atoms with E-state index < -0.39 is 28.4 Å². The number of rotatable bonds is 6. The maximum absolute atomic E-state index is 13.4. The summed E-state index contributed by atoms with van der Waals surface area (Å²) < 4.78 is 13.4. The Morgan fingerprint density at radius 3 is 2.63 bits per heavy atom. The van der Waals surface area contributed by atoms with Gasteiger partial charge in [0.05, 0.1) is 4.92 Å². The minimum absolute atomic E-state index is 0.0845. The number of aliphatic carboxylic acids is 1. The average molecular weight is 270 g/mol. The first-order valence-electron chi connectivity index (χ1n) is 5.75. The monoisotopic (exact) mass is 270 g/mol. The number of para-hydroxylation sites is 1. The van der Waals surface area contributed by atoms with Crippen LogP contribution >= 0.6 is 0 Å². The molecule has 1 aromatic rings. The third-order valence-electron chi connectivity index (χ3n) is 2.50. The topological polar surface area (TPSA) is 92.5 Å². The van der Waals surface area contributed by atoms with E-state index in [0.29, 0.717) is 0 Å². The summed E-state index contributed by atoms with van der Waals surface area (Å²) in [5.41, 5.74) is -0.865. The number of nitro groups is 1. The maximum Gasteiger partial charge on any atom is 0.327 e. The molecule has 0 aromatic heterocycles. The van der Waals surface area contributed by atoms with Gasteiger partial charge in [-0.25, -0.2) is 4.79 Å². The molecule has 0 aliphatic heterocycles. The van der Waals surface area contributed by atoms with Crippen LogP contribution in [0.5, 0.6) is 0 Å². The molecule has 0 saturated carbocycles. The molecule has 1 rings (SSSR count). The molecule has 0 amide bonds. The number of nitro benzene ring substituents is 1. The normalized spacial score (nSPS) is 12.2. The largest absolute Gasteiger partial charge is 0.480 e. The van der Waals surface area contributed by atoms with Gasteiger partial charge in [0.15, 0.2) is 0 Å². The minimum Gasteiger partial charge on any atom is -0.480 e. The molecule has 0 fully saturated rings. The second-order valence-corrected chi connectivity index (χ2v) is 4.56. The highest BCUT2D eigenvalue weighted by atomic mass is 19.1. The summed E-state index contributed by atoms with van der Waals surface area (Å²) in [5, 5.41) is 22.4. The lowest BCUT2D eigenvalue weighted by atomic mass is 10.0. The summed E-state index contributed by atoms with van der Waals surface area (Å²) in [5.74, 6) is -2.04. The number of benzene rings is 1. The second kappa shape index (κ2) is 6.12. The van der Waals surface area contributed by atoms with Gasteiger partial charge in [0, 0.05) is 0 Å². The van der Waals surface area contributed by atoms with E-state index in [0.717, 1.165) is 6.07 Å². The molecule has 0 unspecified atom stereocenters. The van der Waals surface area contributed by atoms with E-state index in [1.807, 2.05) is 13.8 Å². The Kier molecular flexibility index (Phi) is 4.80. The lowest BCUT2D eigenvalue weighted by Gasteiger charge is -2.17. The van der Waals surface area contributed by atoms with Gasteiger partial charge in [-0.3, -0.25) is 10.1 Å². The molecule has 6 nitrogen and oxygen atoms in total. The van der Waals surface area contributed by atoms with Crippen molar-refractivity contribution in [3.63, 3.8) is 0 Å². The zero-order valence-electron chi connectivity index (χ0n) is 10.6. The van der Waals surface area contributed by atoms with Crippen LogP contribution in [0.4, 0.5) is 15.8 Å². The van der Waals surface area contributed by atoms with Gasteiger partial charge >= 0.3 is 11.7 Å². The van der Waals surface area contributed by atoms with Gasteiger partial charge in [-0.15, -0.1) is 0 Å². The predicted octanol–water partition coefficient (Wildman–Crippen LogP) is 2.65. The highest BCUT2D eigenvalue weighted by molar-refractivity contribution is 5.79. The molecule has 0 aliphatic carbocycles. The lowest BCUT2D eigenvalue weighted by Crippen LogP contribution is -2.31. The van der Waals surface area contributed by atoms with Crippen LogP contribution in [0.2, 0.25) is 0 Å². The van der Waals surface area contributed by atoms with Gasteiger partial charge in [-0.2, -0.15) is 4.39 Å². The Morgan fingerprint density at radius 2 is 2.16 bits per heavy atom. The Balaban J connectivity index is 3.06. The molecular weight excluding hydrogens is 255 g/mol. The highest BCUT2D eigenvalue weighted by Gasteiger charge is 2.25. The molecule has 0 bridgehead atoms. The Bertz CT molecular complexity index is 491. The van der Waals surface area contributed by atoms with Crippen molar-refractivity contribution >= 4 is 17.3 Å². The average Bonchev–Trinajstić information content (AvgIpc) is 2.26. The summed E-state index contributed by atoms with van der Waals surface area (Å²) in [6, 6.07) is 2.54. The fourth-order valence-corrected chi connectivity index (χ4v) is 1.70. The zero-order valence-corrected chi connectivity index (χ0v) is 10.6. The number of anilines is 1. The minimum atomic E-state index is -1.13. The van der Waals surface area contributed by atoms with E-state index in [1.54, 1.807) is 0 Å². The summed E-state index contributed by atoms with van der Waals surface area (Å²) in [6.07, 6.45) is 0.281. The maximum atomic E-state index is 13.4.